The Morgan fingerprint density at radius 1 is 0.708 bits per heavy atom. The van der Waals surface area contributed by atoms with Crippen LogP contribution in [0, 0.1) is 6.92 Å². The van der Waals surface area contributed by atoms with Crippen LogP contribution in [0.15, 0.2) is 24.5 Å². The van der Waals surface area contributed by atoms with Crippen LogP contribution < -0.4 is 17.0 Å². The molecule has 0 unspecified atom stereocenters. The zero-order valence-electron chi connectivity index (χ0n) is 16.2. The Morgan fingerprint density at radius 2 is 1.17 bits per heavy atom. The van der Waals surface area contributed by atoms with Gasteiger partial charge in [-0.25, -0.2) is 4.57 Å². The van der Waals surface area contributed by atoms with Gasteiger partial charge in [0, 0.05) is 18.1 Å². The van der Waals surface area contributed by atoms with Crippen molar-refractivity contribution in [1.29, 1.82) is 0 Å². The van der Waals surface area contributed by atoms with Crippen molar-refractivity contribution in [2.45, 2.75) is 110 Å². The predicted octanol–water partition coefficient (Wildman–Crippen LogP) is 3.77. The van der Waals surface area contributed by atoms with Gasteiger partial charge in [-0.1, -0.05) is 84.0 Å². The first-order chi connectivity index (χ1) is 11.3. The molecule has 0 aromatic carbocycles. The van der Waals surface area contributed by atoms with E-state index in [-0.39, 0.29) is 12.4 Å². The molecule has 0 amide bonds. The highest BCUT2D eigenvalue weighted by Gasteiger charge is 2.00. The van der Waals surface area contributed by atoms with Crippen LogP contribution >= 0.6 is 0 Å². The molecule has 0 N–H and O–H groups in total. The number of pyridine rings is 1. The van der Waals surface area contributed by atoms with Crippen molar-refractivity contribution in [2.24, 2.45) is 0 Å². The van der Waals surface area contributed by atoms with E-state index in [4.69, 9.17) is 0 Å². The maximum Gasteiger partial charge on any atom is 0.171 e. The second kappa shape index (κ2) is 17.3. The molecule has 0 bridgehead atoms. The summed E-state index contributed by atoms with van der Waals surface area (Å²) in [6, 6.07) is 4.32. The lowest BCUT2D eigenvalue weighted by Crippen LogP contribution is -3.00. The molecule has 1 heterocycles. The molecule has 0 radical (unpaired) electrons. The maximum absolute atomic E-state index is 2.33. The van der Waals surface area contributed by atoms with E-state index >= 15 is 0 Å². The first-order valence-electron chi connectivity index (χ1n) is 10.3. The Hall–Kier alpha value is -0.560. The van der Waals surface area contributed by atoms with Crippen LogP contribution in [-0.2, 0) is 6.54 Å². The molecule has 0 fully saturated rings. The van der Waals surface area contributed by atoms with E-state index < -0.39 is 0 Å². The minimum Gasteiger partial charge on any atom is -1.00 e. The average Bonchev–Trinajstić information content (AvgIpc) is 2.55. The topological polar surface area (TPSA) is 3.88 Å². The number of hydrogen-bond acceptors (Lipinski definition) is 0. The van der Waals surface area contributed by atoms with Crippen molar-refractivity contribution in [2.75, 3.05) is 0 Å². The molecule has 1 aromatic rings. The highest BCUT2D eigenvalue weighted by atomic mass is 35.5. The van der Waals surface area contributed by atoms with Crippen molar-refractivity contribution in [3.8, 4) is 0 Å². The zero-order chi connectivity index (χ0) is 16.6. The second-order valence-corrected chi connectivity index (χ2v) is 7.22. The Labute approximate surface area is 157 Å². The molecular formula is C22H40ClN. The Morgan fingerprint density at radius 3 is 1.62 bits per heavy atom. The largest absolute Gasteiger partial charge is 1.00 e. The average molecular weight is 354 g/mol. The van der Waals surface area contributed by atoms with Gasteiger partial charge in [0.1, 0.15) is 6.54 Å². The van der Waals surface area contributed by atoms with E-state index in [1.165, 1.54) is 102 Å². The van der Waals surface area contributed by atoms with Gasteiger partial charge >= 0.3 is 0 Å². The molecule has 1 nitrogen and oxygen atoms in total. The van der Waals surface area contributed by atoms with Crippen molar-refractivity contribution in [3.05, 3.63) is 30.1 Å². The van der Waals surface area contributed by atoms with Gasteiger partial charge in [-0.3, -0.25) is 0 Å². The number of halogens is 1. The number of aromatic nitrogens is 1. The second-order valence-electron chi connectivity index (χ2n) is 7.22. The summed E-state index contributed by atoms with van der Waals surface area (Å²) in [5.74, 6) is 0. The summed E-state index contributed by atoms with van der Waals surface area (Å²) in [4.78, 5) is 0. The summed E-state index contributed by atoms with van der Waals surface area (Å²) in [5, 5.41) is 0. The molecule has 24 heavy (non-hydrogen) atoms. The number of nitrogens with zero attached hydrogens (tertiary/aromatic N) is 1. The van der Waals surface area contributed by atoms with Crippen LogP contribution in [0.3, 0.4) is 0 Å². The summed E-state index contributed by atoms with van der Waals surface area (Å²) in [6.07, 6.45) is 24.5. The first-order valence-corrected chi connectivity index (χ1v) is 10.3. The Kier molecular flexibility index (Phi) is 16.9. The summed E-state index contributed by atoms with van der Waals surface area (Å²) in [5.41, 5.74) is 1.36. The van der Waals surface area contributed by atoms with E-state index in [1.807, 2.05) is 0 Å². The van der Waals surface area contributed by atoms with Gasteiger partial charge in [0.05, 0.1) is 0 Å². The standard InChI is InChI=1S/C22H40N.ClH/c1-3-4-5-6-7-8-9-10-11-12-13-14-15-16-19-23-20-17-18-22(2)21-23;/h17-18,20-21H,3-16,19H2,1-2H3;1H/q+1;/p-1. The molecule has 2 heteroatoms. The third-order valence-corrected chi connectivity index (χ3v) is 4.78. The fourth-order valence-corrected chi connectivity index (χ4v) is 3.28. The molecule has 140 valence electrons. The van der Waals surface area contributed by atoms with Gasteiger partial charge in [0.2, 0.25) is 0 Å². The molecule has 0 atom stereocenters. The Balaban J connectivity index is 0.00000529. The summed E-state index contributed by atoms with van der Waals surface area (Å²) >= 11 is 0. The molecule has 1 aromatic heterocycles. The molecule has 0 aliphatic rings. The highest BCUT2D eigenvalue weighted by molar-refractivity contribution is 5.01. The van der Waals surface area contributed by atoms with Crippen molar-refractivity contribution in [1.82, 2.24) is 0 Å². The number of aryl methyl sites for hydroxylation is 2. The molecule has 0 spiro atoms. The van der Waals surface area contributed by atoms with E-state index in [2.05, 4.69) is 42.9 Å². The van der Waals surface area contributed by atoms with Gasteiger partial charge in [0.15, 0.2) is 12.4 Å². The number of rotatable bonds is 15. The Bertz CT molecular complexity index is 378. The third kappa shape index (κ3) is 13.8. The van der Waals surface area contributed by atoms with Crippen molar-refractivity contribution in [3.63, 3.8) is 0 Å². The molecule has 0 aliphatic heterocycles. The van der Waals surface area contributed by atoms with Crippen molar-refractivity contribution >= 4 is 0 Å². The minimum atomic E-state index is 0. The lowest BCUT2D eigenvalue weighted by Gasteiger charge is -2.03. The number of unbranched alkanes of at least 4 members (excludes halogenated alkanes) is 13. The lowest BCUT2D eigenvalue weighted by atomic mass is 10.0. The van der Waals surface area contributed by atoms with E-state index in [1.54, 1.807) is 0 Å². The van der Waals surface area contributed by atoms with Gasteiger partial charge < -0.3 is 12.4 Å². The minimum absolute atomic E-state index is 0. The molecule has 0 aliphatic carbocycles. The van der Waals surface area contributed by atoms with Gasteiger partial charge in [-0.15, -0.1) is 0 Å². The van der Waals surface area contributed by atoms with Crippen LogP contribution in [-0.4, -0.2) is 0 Å². The SMILES string of the molecule is CCCCCCCCCCCCCCCC[n+]1cccc(C)c1.[Cl-]. The first kappa shape index (κ1) is 23.4. The lowest BCUT2D eigenvalue weighted by molar-refractivity contribution is -0.697. The summed E-state index contributed by atoms with van der Waals surface area (Å²) in [6.45, 7) is 5.64. The molecule has 1 rings (SSSR count). The van der Waals surface area contributed by atoms with Crippen LogP contribution in [0.5, 0.6) is 0 Å². The van der Waals surface area contributed by atoms with Gasteiger partial charge in [-0.2, -0.15) is 0 Å². The molecular weight excluding hydrogens is 314 g/mol. The van der Waals surface area contributed by atoms with Gasteiger partial charge in [0.25, 0.3) is 0 Å². The van der Waals surface area contributed by atoms with Crippen molar-refractivity contribution < 1.29 is 17.0 Å². The van der Waals surface area contributed by atoms with Crippen LogP contribution in [0.4, 0.5) is 0 Å². The highest BCUT2D eigenvalue weighted by Crippen LogP contribution is 2.12. The summed E-state index contributed by atoms with van der Waals surface area (Å²) in [7, 11) is 0. The normalized spacial score (nSPS) is 10.6. The summed E-state index contributed by atoms with van der Waals surface area (Å²) < 4.78 is 2.33. The van der Waals surface area contributed by atoms with Crippen LogP contribution in [0.25, 0.3) is 0 Å². The third-order valence-electron chi connectivity index (χ3n) is 4.78. The zero-order valence-corrected chi connectivity index (χ0v) is 17.0. The molecule has 0 saturated carbocycles. The van der Waals surface area contributed by atoms with Crippen LogP contribution in [0.2, 0.25) is 0 Å². The van der Waals surface area contributed by atoms with Gasteiger partial charge in [-0.05, 0) is 19.4 Å². The predicted molar refractivity (Wildman–Crippen MR) is 102 cm³/mol. The smallest absolute Gasteiger partial charge is 0.171 e. The van der Waals surface area contributed by atoms with Crippen LogP contribution in [0.1, 0.15) is 102 Å². The van der Waals surface area contributed by atoms with E-state index in [9.17, 15) is 0 Å². The van der Waals surface area contributed by atoms with E-state index in [0.29, 0.717) is 0 Å². The monoisotopic (exact) mass is 353 g/mol. The number of hydrogen-bond donors (Lipinski definition) is 0. The molecule has 0 saturated heterocycles. The fraction of sp³-hybridized carbons (Fsp3) is 0.773. The maximum atomic E-state index is 2.33. The van der Waals surface area contributed by atoms with E-state index in [0.717, 1.165) is 0 Å². The quantitative estimate of drug-likeness (QED) is 0.334. The fourth-order valence-electron chi connectivity index (χ4n) is 3.28.